The van der Waals surface area contributed by atoms with Gasteiger partial charge in [0.25, 0.3) is 0 Å². The molecule has 0 bridgehead atoms. The van der Waals surface area contributed by atoms with Gasteiger partial charge in [-0.15, -0.1) is 0 Å². The normalized spacial score (nSPS) is 12.4. The molecule has 0 aliphatic heterocycles. The van der Waals surface area contributed by atoms with Crippen LogP contribution in [-0.4, -0.2) is 6.61 Å². The summed E-state index contributed by atoms with van der Waals surface area (Å²) in [7, 11) is 0. The van der Waals surface area contributed by atoms with E-state index in [1.807, 2.05) is 13.0 Å². The van der Waals surface area contributed by atoms with Crippen molar-refractivity contribution in [1.29, 1.82) is 0 Å². The summed E-state index contributed by atoms with van der Waals surface area (Å²) in [4.78, 5) is 0. The first-order valence-corrected chi connectivity index (χ1v) is 7.11. The van der Waals surface area contributed by atoms with Crippen LogP contribution in [0.25, 0.3) is 0 Å². The van der Waals surface area contributed by atoms with Gasteiger partial charge in [0.2, 0.25) is 0 Å². The molecule has 0 amide bonds. The van der Waals surface area contributed by atoms with E-state index in [2.05, 4.69) is 35.9 Å². The van der Waals surface area contributed by atoms with Crippen LogP contribution in [0.5, 0.6) is 5.75 Å². The molecule has 0 aliphatic rings. The standard InChI is InChI=1S/C15H19NOS/c1-11-3-4-15(14(9-11)12(2)16)17-7-5-13-6-8-18-10-13/h3-4,6,8-10,12H,5,7,16H2,1-2H3. The van der Waals surface area contributed by atoms with Gasteiger partial charge < -0.3 is 10.5 Å². The van der Waals surface area contributed by atoms with Crippen LogP contribution in [0.1, 0.15) is 29.7 Å². The van der Waals surface area contributed by atoms with Crippen molar-refractivity contribution in [2.45, 2.75) is 26.3 Å². The first-order chi connectivity index (χ1) is 8.66. The Labute approximate surface area is 112 Å². The van der Waals surface area contributed by atoms with Gasteiger partial charge in [-0.1, -0.05) is 17.7 Å². The molecular weight excluding hydrogens is 242 g/mol. The Balaban J connectivity index is 2.00. The lowest BCUT2D eigenvalue weighted by molar-refractivity contribution is 0.317. The molecule has 2 nitrogen and oxygen atoms in total. The van der Waals surface area contributed by atoms with Crippen LogP contribution < -0.4 is 10.5 Å². The topological polar surface area (TPSA) is 35.2 Å². The predicted octanol–water partition coefficient (Wildman–Crippen LogP) is 3.70. The second kappa shape index (κ2) is 6.03. The molecule has 1 aromatic carbocycles. The van der Waals surface area contributed by atoms with E-state index >= 15 is 0 Å². The van der Waals surface area contributed by atoms with Gasteiger partial charge in [-0.2, -0.15) is 11.3 Å². The van der Waals surface area contributed by atoms with E-state index in [0.29, 0.717) is 6.61 Å². The number of benzene rings is 1. The molecule has 1 atom stereocenters. The van der Waals surface area contributed by atoms with Crippen molar-refractivity contribution in [2.75, 3.05) is 6.61 Å². The molecule has 96 valence electrons. The van der Waals surface area contributed by atoms with E-state index in [-0.39, 0.29) is 6.04 Å². The summed E-state index contributed by atoms with van der Waals surface area (Å²) in [6, 6.07) is 8.31. The highest BCUT2D eigenvalue weighted by Crippen LogP contribution is 2.25. The summed E-state index contributed by atoms with van der Waals surface area (Å²) >= 11 is 1.72. The van der Waals surface area contributed by atoms with Gasteiger partial charge in [-0.3, -0.25) is 0 Å². The zero-order valence-electron chi connectivity index (χ0n) is 10.8. The van der Waals surface area contributed by atoms with Crippen molar-refractivity contribution in [2.24, 2.45) is 5.73 Å². The van der Waals surface area contributed by atoms with Crippen molar-refractivity contribution in [3.8, 4) is 5.75 Å². The molecule has 3 heteroatoms. The third kappa shape index (κ3) is 3.34. The highest BCUT2D eigenvalue weighted by molar-refractivity contribution is 7.07. The van der Waals surface area contributed by atoms with Crippen molar-refractivity contribution < 1.29 is 4.74 Å². The van der Waals surface area contributed by atoms with Gasteiger partial charge >= 0.3 is 0 Å². The van der Waals surface area contributed by atoms with Crippen LogP contribution in [0.4, 0.5) is 0 Å². The molecule has 1 unspecified atom stereocenters. The fraction of sp³-hybridized carbons (Fsp3) is 0.333. The number of ether oxygens (including phenoxy) is 1. The Morgan fingerprint density at radius 1 is 1.33 bits per heavy atom. The lowest BCUT2D eigenvalue weighted by Crippen LogP contribution is -2.09. The minimum atomic E-state index is 0.000970. The molecule has 0 fully saturated rings. The van der Waals surface area contributed by atoms with E-state index < -0.39 is 0 Å². The number of rotatable bonds is 5. The monoisotopic (exact) mass is 261 g/mol. The zero-order valence-corrected chi connectivity index (χ0v) is 11.7. The van der Waals surface area contributed by atoms with Gasteiger partial charge in [-0.25, -0.2) is 0 Å². The van der Waals surface area contributed by atoms with E-state index in [9.17, 15) is 0 Å². The average molecular weight is 261 g/mol. The summed E-state index contributed by atoms with van der Waals surface area (Å²) < 4.78 is 5.85. The fourth-order valence-electron chi connectivity index (χ4n) is 1.87. The minimum Gasteiger partial charge on any atom is -0.493 e. The number of thiophene rings is 1. The van der Waals surface area contributed by atoms with E-state index in [4.69, 9.17) is 10.5 Å². The molecule has 1 heterocycles. The van der Waals surface area contributed by atoms with Gasteiger partial charge in [0, 0.05) is 18.0 Å². The summed E-state index contributed by atoms with van der Waals surface area (Å²) in [6.45, 7) is 4.75. The maximum absolute atomic E-state index is 5.97. The molecule has 0 saturated carbocycles. The highest BCUT2D eigenvalue weighted by Gasteiger charge is 2.08. The molecule has 1 aromatic heterocycles. The lowest BCUT2D eigenvalue weighted by Gasteiger charge is -2.14. The van der Waals surface area contributed by atoms with Crippen LogP contribution in [0, 0.1) is 6.92 Å². The largest absolute Gasteiger partial charge is 0.493 e. The maximum Gasteiger partial charge on any atom is 0.124 e. The van der Waals surface area contributed by atoms with Crippen molar-refractivity contribution in [3.63, 3.8) is 0 Å². The first kappa shape index (κ1) is 13.1. The molecule has 0 spiro atoms. The van der Waals surface area contributed by atoms with Gasteiger partial charge in [0.05, 0.1) is 6.61 Å². The molecule has 0 saturated heterocycles. The average Bonchev–Trinajstić information content (AvgIpc) is 2.84. The lowest BCUT2D eigenvalue weighted by atomic mass is 10.1. The van der Waals surface area contributed by atoms with Crippen molar-refractivity contribution in [1.82, 2.24) is 0 Å². The van der Waals surface area contributed by atoms with Crippen LogP contribution in [0.15, 0.2) is 35.0 Å². The first-order valence-electron chi connectivity index (χ1n) is 6.17. The fourth-order valence-corrected chi connectivity index (χ4v) is 2.57. The highest BCUT2D eigenvalue weighted by atomic mass is 32.1. The summed E-state index contributed by atoms with van der Waals surface area (Å²) in [5.74, 6) is 0.908. The number of hydrogen-bond donors (Lipinski definition) is 1. The van der Waals surface area contributed by atoms with Crippen LogP contribution in [0.2, 0.25) is 0 Å². The van der Waals surface area contributed by atoms with E-state index in [0.717, 1.165) is 17.7 Å². The zero-order chi connectivity index (χ0) is 13.0. The SMILES string of the molecule is Cc1ccc(OCCc2ccsc2)c(C(C)N)c1. The number of hydrogen-bond acceptors (Lipinski definition) is 3. The Morgan fingerprint density at radius 2 is 2.17 bits per heavy atom. The molecule has 2 rings (SSSR count). The Kier molecular flexibility index (Phi) is 4.39. The third-order valence-electron chi connectivity index (χ3n) is 2.88. The smallest absolute Gasteiger partial charge is 0.124 e. The van der Waals surface area contributed by atoms with Crippen molar-refractivity contribution in [3.05, 3.63) is 51.7 Å². The summed E-state index contributed by atoms with van der Waals surface area (Å²) in [6.07, 6.45) is 0.940. The minimum absolute atomic E-state index is 0.000970. The second-order valence-electron chi connectivity index (χ2n) is 4.56. The van der Waals surface area contributed by atoms with E-state index in [1.165, 1.54) is 11.1 Å². The quantitative estimate of drug-likeness (QED) is 0.890. The van der Waals surface area contributed by atoms with Gasteiger partial charge in [0.1, 0.15) is 5.75 Å². The Bertz CT molecular complexity index is 491. The molecule has 0 aliphatic carbocycles. The van der Waals surface area contributed by atoms with E-state index in [1.54, 1.807) is 11.3 Å². The van der Waals surface area contributed by atoms with Crippen LogP contribution in [0.3, 0.4) is 0 Å². The Morgan fingerprint density at radius 3 is 2.83 bits per heavy atom. The third-order valence-corrected chi connectivity index (χ3v) is 3.62. The molecule has 0 radical (unpaired) electrons. The van der Waals surface area contributed by atoms with Gasteiger partial charge in [-0.05, 0) is 42.3 Å². The van der Waals surface area contributed by atoms with Crippen molar-refractivity contribution >= 4 is 11.3 Å². The second-order valence-corrected chi connectivity index (χ2v) is 5.34. The van der Waals surface area contributed by atoms with Crippen LogP contribution >= 0.6 is 11.3 Å². The predicted molar refractivity (Wildman–Crippen MR) is 77.3 cm³/mol. The molecular formula is C15H19NOS. The maximum atomic E-state index is 5.97. The van der Waals surface area contributed by atoms with Gasteiger partial charge in [0.15, 0.2) is 0 Å². The Hall–Kier alpha value is -1.32. The summed E-state index contributed by atoms with van der Waals surface area (Å²) in [5.41, 5.74) is 9.60. The summed E-state index contributed by atoms with van der Waals surface area (Å²) in [5, 5.41) is 4.25. The molecule has 18 heavy (non-hydrogen) atoms. The number of aryl methyl sites for hydroxylation is 1. The number of nitrogens with two attached hydrogens (primary N) is 1. The molecule has 2 aromatic rings. The van der Waals surface area contributed by atoms with Crippen LogP contribution in [-0.2, 0) is 6.42 Å². The molecule has 2 N–H and O–H groups in total.